The van der Waals surface area contributed by atoms with Crippen molar-refractivity contribution in [2.24, 2.45) is 0 Å². The molecule has 0 N–H and O–H groups in total. The minimum atomic E-state index is -3.18. The van der Waals surface area contributed by atoms with Crippen LogP contribution in [0.25, 0.3) is 0 Å². The zero-order valence-electron chi connectivity index (χ0n) is 31.3. The molecule has 1 aliphatic heterocycles. The standard InChI is InChI=1S/C39H81N3.3ClH.Cr/c1-4-7-10-13-16-19-22-25-28-31-34-40-37-41(35-32-29-26-23-20-17-14-11-8-5-2)39-42(38-40)36-33-30-27-24-21-18-15-12-9-6-3;;;;/h4-39H2,1-3H3;3*1H;/q;;;;+4/p-3. The molecule has 0 aromatic carbocycles. The Labute approximate surface area is 305 Å². The van der Waals surface area contributed by atoms with Gasteiger partial charge < -0.3 is 0 Å². The summed E-state index contributed by atoms with van der Waals surface area (Å²) in [5, 5.41) is 0. The van der Waals surface area contributed by atoms with Gasteiger partial charge in [-0.2, -0.15) is 0 Å². The van der Waals surface area contributed by atoms with Crippen LogP contribution in [0.1, 0.15) is 213 Å². The van der Waals surface area contributed by atoms with E-state index in [9.17, 15) is 0 Å². The first-order valence-corrected chi connectivity index (χ1v) is 26.4. The van der Waals surface area contributed by atoms with Crippen molar-refractivity contribution in [3.8, 4) is 0 Å². The van der Waals surface area contributed by atoms with Crippen LogP contribution in [0.15, 0.2) is 0 Å². The van der Waals surface area contributed by atoms with Crippen molar-refractivity contribution in [1.29, 1.82) is 0 Å². The van der Waals surface area contributed by atoms with Gasteiger partial charge in [0, 0.05) is 0 Å². The van der Waals surface area contributed by atoms with E-state index >= 15 is 0 Å². The van der Waals surface area contributed by atoms with E-state index in [2.05, 4.69) is 30.6 Å². The minimum absolute atomic E-state index is 0.730. The molecule has 46 heavy (non-hydrogen) atoms. The normalized spacial score (nSPS) is 16.4. The molecule has 0 saturated carbocycles. The maximum atomic E-state index is 7.06. The summed E-state index contributed by atoms with van der Waals surface area (Å²) in [5.74, 6) is 0. The Morgan fingerprint density at radius 3 is 0.935 bits per heavy atom. The van der Waals surface area contributed by atoms with E-state index in [1.54, 1.807) is 0 Å². The van der Waals surface area contributed by atoms with Crippen LogP contribution in [-0.4, -0.2) is 52.9 Å². The number of hydrogen-bond acceptors (Lipinski definition) is 2. The monoisotopic (exact) mass is 748 g/mol. The SMILES string of the molecule is CCCCCCCCCCCCN1CN(CCCCCCCCCCCC)C[N+](CCCCCCCCCCCC)([Cr]([Cl])([Cl])[Cl])C1. The van der Waals surface area contributed by atoms with E-state index < -0.39 is 10.5 Å². The molecule has 0 spiro atoms. The third-order valence-electron chi connectivity index (χ3n) is 10.3. The predicted molar refractivity (Wildman–Crippen MR) is 206 cm³/mol. The number of hydrogen-bond donors (Lipinski definition) is 0. The van der Waals surface area contributed by atoms with Gasteiger partial charge in [-0.3, -0.25) is 0 Å². The molecule has 1 saturated heterocycles. The Balaban J connectivity index is 2.55. The average molecular weight is 750 g/mol. The molecule has 0 aromatic heterocycles. The van der Waals surface area contributed by atoms with Gasteiger partial charge in [0.25, 0.3) is 0 Å². The van der Waals surface area contributed by atoms with E-state index in [4.69, 9.17) is 30.1 Å². The molecular formula is C39H81Cl3CrN3+. The molecule has 0 atom stereocenters. The molecule has 0 amide bonds. The van der Waals surface area contributed by atoms with E-state index in [0.29, 0.717) is 0 Å². The molecule has 1 aliphatic rings. The Hall–Kier alpha value is 1.28. The van der Waals surface area contributed by atoms with Crippen molar-refractivity contribution in [3.05, 3.63) is 0 Å². The summed E-state index contributed by atoms with van der Waals surface area (Å²) in [7, 11) is 18.0. The van der Waals surface area contributed by atoms with Crippen molar-refractivity contribution in [2.45, 2.75) is 213 Å². The molecule has 0 unspecified atom stereocenters. The van der Waals surface area contributed by atoms with Gasteiger partial charge in [-0.15, -0.1) is 0 Å². The molecule has 1 heterocycles. The van der Waals surface area contributed by atoms with Crippen LogP contribution in [0.3, 0.4) is 0 Å². The van der Waals surface area contributed by atoms with Crippen molar-refractivity contribution in [1.82, 2.24) is 9.80 Å². The zero-order chi connectivity index (χ0) is 33.6. The van der Waals surface area contributed by atoms with Crippen LogP contribution in [-0.2, 0) is 10.5 Å². The van der Waals surface area contributed by atoms with Gasteiger partial charge in [-0.05, 0) is 0 Å². The summed E-state index contributed by atoms with van der Waals surface area (Å²) >= 11 is 0. The summed E-state index contributed by atoms with van der Waals surface area (Å²) in [6.07, 6.45) is 41.2. The molecule has 0 aromatic rings. The first-order chi connectivity index (χ1) is 22.4. The topological polar surface area (TPSA) is 6.48 Å². The van der Waals surface area contributed by atoms with Crippen molar-refractivity contribution < 1.29 is 14.0 Å². The predicted octanol–water partition coefficient (Wildman–Crippen LogP) is 14.6. The van der Waals surface area contributed by atoms with Crippen LogP contribution in [0.4, 0.5) is 0 Å². The van der Waals surface area contributed by atoms with E-state index in [1.807, 2.05) is 0 Å². The van der Waals surface area contributed by atoms with Crippen molar-refractivity contribution >= 4 is 30.1 Å². The van der Waals surface area contributed by atoms with Crippen LogP contribution < -0.4 is 0 Å². The number of nitrogens with zero attached hydrogens (tertiary/aromatic N) is 3. The maximum absolute atomic E-state index is 7.06. The fraction of sp³-hybridized carbons (Fsp3) is 1.00. The van der Waals surface area contributed by atoms with Gasteiger partial charge in [-0.1, -0.05) is 46.5 Å². The van der Waals surface area contributed by atoms with E-state index in [1.165, 1.54) is 193 Å². The molecular weight excluding hydrogens is 669 g/mol. The number of rotatable bonds is 34. The summed E-state index contributed by atoms with van der Waals surface area (Å²) in [5.41, 5.74) is 0. The third-order valence-corrected chi connectivity index (χ3v) is 16.0. The Bertz CT molecular complexity index is 616. The number of halogens is 3. The molecule has 278 valence electrons. The average Bonchev–Trinajstić information content (AvgIpc) is 3.03. The second-order valence-corrected chi connectivity index (χ2v) is 24.8. The summed E-state index contributed by atoms with van der Waals surface area (Å²) in [6, 6.07) is 0. The van der Waals surface area contributed by atoms with Gasteiger partial charge in [0.1, 0.15) is 0 Å². The van der Waals surface area contributed by atoms with E-state index in [-0.39, 0.29) is 0 Å². The summed E-state index contributed by atoms with van der Waals surface area (Å²) in [6.45, 7) is 13.2. The second-order valence-electron chi connectivity index (χ2n) is 14.9. The van der Waals surface area contributed by atoms with Crippen LogP contribution in [0, 0.1) is 0 Å². The quantitative estimate of drug-likeness (QED) is 0.0605. The van der Waals surface area contributed by atoms with Gasteiger partial charge >= 0.3 is 261 Å². The Morgan fingerprint density at radius 2 is 0.652 bits per heavy atom. The fourth-order valence-electron chi connectivity index (χ4n) is 7.34. The van der Waals surface area contributed by atoms with Gasteiger partial charge in [0.15, 0.2) is 0 Å². The van der Waals surface area contributed by atoms with Crippen LogP contribution in [0.5, 0.6) is 0 Å². The summed E-state index contributed by atoms with van der Waals surface area (Å²) < 4.78 is 0.730. The van der Waals surface area contributed by atoms with E-state index in [0.717, 1.165) is 43.1 Å². The zero-order valence-corrected chi connectivity index (χ0v) is 34.9. The van der Waals surface area contributed by atoms with Gasteiger partial charge in [0.2, 0.25) is 0 Å². The van der Waals surface area contributed by atoms with Crippen molar-refractivity contribution in [3.63, 3.8) is 0 Å². The molecule has 3 nitrogen and oxygen atoms in total. The third kappa shape index (κ3) is 23.6. The fourth-order valence-corrected chi connectivity index (χ4v) is 10.7. The van der Waals surface area contributed by atoms with Gasteiger partial charge in [0.05, 0.1) is 0 Å². The number of unbranched alkanes of at least 4 members (excludes halogenated alkanes) is 27. The van der Waals surface area contributed by atoms with Crippen LogP contribution in [0.2, 0.25) is 0 Å². The molecule has 1 fully saturated rings. The van der Waals surface area contributed by atoms with Crippen LogP contribution >= 0.6 is 30.1 Å². The first kappa shape index (κ1) is 45.3. The number of quaternary nitrogens is 1. The first-order valence-electron chi connectivity index (χ1n) is 20.6. The Kier molecular flexibility index (Phi) is 30.6. The Morgan fingerprint density at radius 1 is 0.391 bits per heavy atom. The molecule has 0 radical (unpaired) electrons. The molecule has 0 aliphatic carbocycles. The molecule has 1 rings (SSSR count). The summed E-state index contributed by atoms with van der Waals surface area (Å²) in [4.78, 5) is 5.33. The second kappa shape index (κ2) is 31.1. The van der Waals surface area contributed by atoms with Crippen molar-refractivity contribution in [2.75, 3.05) is 39.6 Å². The molecule has 7 heteroatoms. The molecule has 0 bridgehead atoms. The van der Waals surface area contributed by atoms with Gasteiger partial charge in [-0.25, -0.2) is 0 Å².